The molecule has 3 amide bonds. The highest BCUT2D eigenvalue weighted by atomic mass is 32.1. The van der Waals surface area contributed by atoms with E-state index in [1.54, 1.807) is 72.7 Å². The number of terminal acetylenes is 1. The first-order valence-corrected chi connectivity index (χ1v) is 14.4. The summed E-state index contributed by atoms with van der Waals surface area (Å²) in [6, 6.07) is 11.8. The predicted molar refractivity (Wildman–Crippen MR) is 166 cm³/mol. The number of carbonyl (C=O) groups is 4. The number of phenols is 1. The van der Waals surface area contributed by atoms with Gasteiger partial charge in [-0.1, -0.05) is 42.8 Å². The molecule has 10 nitrogen and oxygen atoms in total. The summed E-state index contributed by atoms with van der Waals surface area (Å²) in [5.41, 5.74) is -0.223. The Morgan fingerprint density at radius 3 is 2.07 bits per heavy atom. The maximum absolute atomic E-state index is 14.0. The van der Waals surface area contributed by atoms with Gasteiger partial charge in [0.1, 0.15) is 35.1 Å². The summed E-state index contributed by atoms with van der Waals surface area (Å²) in [5.74, 6) is -2.46. The van der Waals surface area contributed by atoms with Crippen molar-refractivity contribution >= 4 is 36.5 Å². The molecule has 2 aromatic carbocycles. The van der Waals surface area contributed by atoms with Crippen molar-refractivity contribution in [3.63, 3.8) is 0 Å². The standard InChI is InChI=1S/C32H41N3O7S/c1-9-35(28(38)24(19-43)34-30(40)42-32(6,7)8)26(22-15-16-25(36)20(2)17-22)27(37)33-23(29(39)41-31(3,4)5)18-21-13-11-10-12-14-21/h1,10-17,23-24,26,36,43H,18-19H2,2-8H3,(H,33,37)(H,34,40). The number of hydrogen-bond donors (Lipinski definition) is 4. The molecule has 0 aliphatic rings. The summed E-state index contributed by atoms with van der Waals surface area (Å²) in [5, 5.41) is 15.3. The number of aromatic hydroxyl groups is 1. The second-order valence-corrected chi connectivity index (χ2v) is 12.3. The molecule has 0 fully saturated rings. The number of benzene rings is 2. The average molecular weight is 612 g/mol. The zero-order valence-corrected chi connectivity index (χ0v) is 26.5. The van der Waals surface area contributed by atoms with Gasteiger partial charge >= 0.3 is 12.1 Å². The topological polar surface area (TPSA) is 134 Å². The molecule has 0 saturated heterocycles. The van der Waals surface area contributed by atoms with Gasteiger partial charge in [0, 0.05) is 18.2 Å². The normalized spacial score (nSPS) is 13.5. The number of nitrogens with one attached hydrogen (secondary N) is 2. The number of phenolic OH excluding ortho intramolecular Hbond substituents is 1. The molecule has 2 rings (SSSR count). The number of carbonyl (C=O) groups excluding carboxylic acids is 4. The van der Waals surface area contributed by atoms with E-state index in [1.165, 1.54) is 18.2 Å². The number of rotatable bonds is 10. The number of thiol groups is 1. The van der Waals surface area contributed by atoms with Gasteiger partial charge in [-0.15, -0.1) is 0 Å². The van der Waals surface area contributed by atoms with Crippen molar-refractivity contribution in [3.05, 3.63) is 65.2 Å². The van der Waals surface area contributed by atoms with Gasteiger partial charge in [-0.2, -0.15) is 12.6 Å². The van der Waals surface area contributed by atoms with E-state index in [9.17, 15) is 24.3 Å². The van der Waals surface area contributed by atoms with Crippen molar-refractivity contribution < 1.29 is 33.8 Å². The third-order valence-electron chi connectivity index (χ3n) is 5.88. The minimum atomic E-state index is -1.46. The molecule has 232 valence electrons. The van der Waals surface area contributed by atoms with Gasteiger partial charge in [0.05, 0.1) is 0 Å². The quantitative estimate of drug-likeness (QED) is 0.138. The number of ether oxygens (including phenoxy) is 2. The molecule has 0 saturated carbocycles. The monoisotopic (exact) mass is 611 g/mol. The summed E-state index contributed by atoms with van der Waals surface area (Å²) in [6.45, 7) is 11.8. The van der Waals surface area contributed by atoms with Gasteiger partial charge in [0.15, 0.2) is 0 Å². The van der Waals surface area contributed by atoms with Crippen LogP contribution in [0.2, 0.25) is 0 Å². The molecule has 43 heavy (non-hydrogen) atoms. The number of alkyl carbamates (subject to hydrolysis) is 1. The van der Waals surface area contributed by atoms with Crippen LogP contribution in [-0.4, -0.2) is 62.9 Å². The third kappa shape index (κ3) is 10.9. The minimum Gasteiger partial charge on any atom is -0.508 e. The van der Waals surface area contributed by atoms with E-state index >= 15 is 0 Å². The van der Waals surface area contributed by atoms with E-state index in [1.807, 2.05) is 6.07 Å². The molecule has 3 unspecified atom stereocenters. The number of amides is 3. The average Bonchev–Trinajstić information content (AvgIpc) is 2.89. The fourth-order valence-corrected chi connectivity index (χ4v) is 4.25. The lowest BCUT2D eigenvalue weighted by Gasteiger charge is -2.31. The van der Waals surface area contributed by atoms with Crippen LogP contribution in [-0.2, 0) is 30.3 Å². The largest absolute Gasteiger partial charge is 0.508 e. The first-order valence-electron chi connectivity index (χ1n) is 13.7. The number of aryl methyl sites for hydroxylation is 1. The Kier molecular flexibility index (Phi) is 12.1. The molecule has 0 aliphatic carbocycles. The second-order valence-electron chi connectivity index (χ2n) is 12.0. The number of esters is 1. The molecule has 0 aliphatic heterocycles. The Labute approximate surface area is 258 Å². The van der Waals surface area contributed by atoms with Crippen LogP contribution in [0, 0.1) is 19.4 Å². The fraction of sp³-hybridized carbons (Fsp3) is 0.438. The third-order valence-corrected chi connectivity index (χ3v) is 6.25. The van der Waals surface area contributed by atoms with Crippen LogP contribution in [0.1, 0.15) is 64.3 Å². The van der Waals surface area contributed by atoms with E-state index < -0.39 is 53.2 Å². The van der Waals surface area contributed by atoms with Gasteiger partial charge < -0.3 is 25.2 Å². The molecular formula is C32H41N3O7S. The van der Waals surface area contributed by atoms with Gasteiger partial charge in [-0.25, -0.2) is 9.59 Å². The maximum atomic E-state index is 14.0. The van der Waals surface area contributed by atoms with Gasteiger partial charge in [-0.3, -0.25) is 14.5 Å². The highest BCUT2D eigenvalue weighted by Gasteiger charge is 2.38. The van der Waals surface area contributed by atoms with E-state index in [0.717, 1.165) is 10.5 Å². The van der Waals surface area contributed by atoms with E-state index in [0.29, 0.717) is 5.56 Å². The lowest BCUT2D eigenvalue weighted by atomic mass is 9.99. The van der Waals surface area contributed by atoms with Crippen LogP contribution in [0.15, 0.2) is 48.5 Å². The van der Waals surface area contributed by atoms with Gasteiger partial charge in [0.25, 0.3) is 5.91 Å². The lowest BCUT2D eigenvalue weighted by molar-refractivity contribution is -0.159. The molecular weight excluding hydrogens is 570 g/mol. The zero-order chi connectivity index (χ0) is 32.5. The van der Waals surface area contributed by atoms with Crippen molar-refractivity contribution in [1.29, 1.82) is 0 Å². The first-order chi connectivity index (χ1) is 20.0. The molecule has 0 bridgehead atoms. The Bertz CT molecular complexity index is 1340. The zero-order valence-electron chi connectivity index (χ0n) is 25.6. The fourth-order valence-electron chi connectivity index (χ4n) is 4.00. The van der Waals surface area contributed by atoms with Gasteiger partial charge in [0.2, 0.25) is 5.91 Å². The highest BCUT2D eigenvalue weighted by molar-refractivity contribution is 7.80. The number of hydrogen-bond acceptors (Lipinski definition) is 8. The van der Waals surface area contributed by atoms with Crippen LogP contribution in [0.25, 0.3) is 0 Å². The van der Waals surface area contributed by atoms with Crippen molar-refractivity contribution in [2.45, 2.75) is 84.2 Å². The maximum Gasteiger partial charge on any atom is 0.408 e. The van der Waals surface area contributed by atoms with Crippen LogP contribution >= 0.6 is 12.6 Å². The summed E-state index contributed by atoms with van der Waals surface area (Å²) in [7, 11) is 0. The van der Waals surface area contributed by atoms with E-state index in [-0.39, 0.29) is 23.5 Å². The molecule has 0 heterocycles. The van der Waals surface area contributed by atoms with E-state index in [4.69, 9.17) is 15.9 Å². The predicted octanol–water partition coefficient (Wildman–Crippen LogP) is 4.05. The first kappa shape index (κ1) is 35.0. The van der Waals surface area contributed by atoms with E-state index in [2.05, 4.69) is 29.3 Å². The van der Waals surface area contributed by atoms with Crippen LogP contribution in [0.4, 0.5) is 4.79 Å². The second kappa shape index (κ2) is 14.8. The lowest BCUT2D eigenvalue weighted by Crippen LogP contribution is -2.54. The Balaban J connectivity index is 2.52. The van der Waals surface area contributed by atoms with Crippen LogP contribution < -0.4 is 10.6 Å². The summed E-state index contributed by atoms with van der Waals surface area (Å²) in [6.07, 6.45) is 5.04. The molecule has 11 heteroatoms. The number of nitrogens with zero attached hydrogens (tertiary/aromatic N) is 1. The van der Waals surface area contributed by atoms with Crippen LogP contribution in [0.5, 0.6) is 5.75 Å². The Morgan fingerprint density at radius 2 is 1.56 bits per heavy atom. The molecule has 2 aromatic rings. The molecule has 0 aromatic heterocycles. The van der Waals surface area contributed by atoms with Gasteiger partial charge in [-0.05, 0) is 77.3 Å². The van der Waals surface area contributed by atoms with Crippen molar-refractivity contribution in [2.75, 3.05) is 5.75 Å². The minimum absolute atomic E-state index is 0.0305. The Hall–Kier alpha value is -4.17. The molecule has 3 atom stereocenters. The summed E-state index contributed by atoms with van der Waals surface area (Å²) in [4.78, 5) is 54.3. The van der Waals surface area contributed by atoms with Crippen molar-refractivity contribution in [2.24, 2.45) is 0 Å². The van der Waals surface area contributed by atoms with Crippen LogP contribution in [0.3, 0.4) is 0 Å². The molecule has 0 spiro atoms. The molecule has 0 radical (unpaired) electrons. The highest BCUT2D eigenvalue weighted by Crippen LogP contribution is 2.27. The molecule has 3 N–H and O–H groups in total. The summed E-state index contributed by atoms with van der Waals surface area (Å²) >= 11 is 4.21. The van der Waals surface area contributed by atoms with Crippen molar-refractivity contribution in [1.82, 2.24) is 15.5 Å². The Morgan fingerprint density at radius 1 is 0.953 bits per heavy atom. The SMILES string of the molecule is C#CN(C(=O)C(CS)NC(=O)OC(C)(C)C)C(C(=O)NC(Cc1ccccc1)C(=O)OC(C)(C)C)c1ccc(O)c(C)c1. The summed E-state index contributed by atoms with van der Waals surface area (Å²) < 4.78 is 10.9. The smallest absolute Gasteiger partial charge is 0.408 e. The van der Waals surface area contributed by atoms with Crippen molar-refractivity contribution in [3.8, 4) is 18.2 Å².